The first-order valence-corrected chi connectivity index (χ1v) is 17.1. The van der Waals surface area contributed by atoms with Gasteiger partial charge in [0.1, 0.15) is 22.8 Å². The first-order valence-electron chi connectivity index (χ1n) is 17.1. The van der Waals surface area contributed by atoms with Crippen molar-refractivity contribution in [3.05, 3.63) is 81.2 Å². The van der Waals surface area contributed by atoms with Crippen molar-refractivity contribution in [3.8, 4) is 0 Å². The van der Waals surface area contributed by atoms with Gasteiger partial charge >= 0.3 is 12.2 Å². The molecule has 266 valence electrons. The second-order valence-corrected chi connectivity index (χ2v) is 13.9. The van der Waals surface area contributed by atoms with E-state index in [1.54, 1.807) is 41.5 Å². The molecule has 2 amide bonds. The van der Waals surface area contributed by atoms with Crippen LogP contribution in [-0.4, -0.2) is 39.3 Å². The smallest absolute Gasteiger partial charge is 0.414 e. The number of aliphatic imine (C=N–C) groups is 1. The number of hydrogen-bond donors (Lipinski definition) is 4. The van der Waals surface area contributed by atoms with Gasteiger partial charge in [-0.1, -0.05) is 32.9 Å². The Kier molecular flexibility index (Phi) is 13.6. The summed E-state index contributed by atoms with van der Waals surface area (Å²) >= 11 is 0. The van der Waals surface area contributed by atoms with Gasteiger partial charge in [-0.2, -0.15) is 0 Å². The molecule has 0 bridgehead atoms. The number of aromatic nitrogens is 2. The summed E-state index contributed by atoms with van der Waals surface area (Å²) < 4.78 is 10.9. The molecule has 0 spiro atoms. The third-order valence-corrected chi connectivity index (χ3v) is 7.55. The van der Waals surface area contributed by atoms with Crippen molar-refractivity contribution in [1.82, 2.24) is 20.6 Å². The lowest BCUT2D eigenvalue weighted by Gasteiger charge is -2.26. The van der Waals surface area contributed by atoms with Gasteiger partial charge in [-0.15, -0.1) is 0 Å². The summed E-state index contributed by atoms with van der Waals surface area (Å²) in [5, 5.41) is 12.4. The fraction of sp³-hybridized carbons (Fsp3) is 0.500. The Morgan fingerprint density at radius 2 is 1.02 bits per heavy atom. The van der Waals surface area contributed by atoms with Crippen LogP contribution in [0.4, 0.5) is 21.2 Å². The molecule has 0 saturated heterocycles. The normalized spacial score (nSPS) is 11.4. The number of carbonyl (C=O) groups is 2. The van der Waals surface area contributed by atoms with E-state index < -0.39 is 23.4 Å². The number of benzene rings is 1. The van der Waals surface area contributed by atoms with Crippen molar-refractivity contribution in [3.63, 3.8) is 0 Å². The first kappa shape index (κ1) is 38.8. The van der Waals surface area contributed by atoms with E-state index in [0.717, 1.165) is 47.8 Å². The van der Waals surface area contributed by atoms with Crippen molar-refractivity contribution in [2.45, 2.75) is 126 Å². The quantitative estimate of drug-likeness (QED) is 0.119. The van der Waals surface area contributed by atoms with E-state index in [0.29, 0.717) is 13.1 Å². The number of pyridine rings is 2. The number of ether oxygens (including phenoxy) is 2. The molecule has 2 heterocycles. The van der Waals surface area contributed by atoms with E-state index >= 15 is 0 Å². The van der Waals surface area contributed by atoms with Gasteiger partial charge in [-0.05, 0) is 132 Å². The van der Waals surface area contributed by atoms with Crippen molar-refractivity contribution < 1.29 is 19.1 Å². The molecular weight excluding hydrogens is 618 g/mol. The maximum Gasteiger partial charge on any atom is 0.414 e. The highest BCUT2D eigenvalue weighted by atomic mass is 16.6. The zero-order valence-corrected chi connectivity index (χ0v) is 31.2. The summed E-state index contributed by atoms with van der Waals surface area (Å²) in [4.78, 5) is 39.8. The second kappa shape index (κ2) is 17.1. The number of carbonyl (C=O) groups excluding carboxylic acids is 2. The largest absolute Gasteiger partial charge is 0.444 e. The van der Waals surface area contributed by atoms with Crippen LogP contribution in [0.1, 0.15) is 107 Å². The van der Waals surface area contributed by atoms with E-state index in [-0.39, 0.29) is 12.5 Å². The Bertz CT molecular complexity index is 1530. The molecule has 0 atom stereocenters. The van der Waals surface area contributed by atoms with Crippen molar-refractivity contribution in [1.29, 1.82) is 0 Å². The van der Waals surface area contributed by atoms with Gasteiger partial charge in [0.2, 0.25) is 5.96 Å². The van der Waals surface area contributed by atoms with Crippen LogP contribution in [-0.2, 0) is 48.4 Å². The molecule has 0 unspecified atom stereocenters. The molecule has 2 aromatic heterocycles. The number of aryl methyl sites for hydroxylation is 2. The fourth-order valence-electron chi connectivity index (χ4n) is 5.70. The van der Waals surface area contributed by atoms with E-state index in [1.807, 2.05) is 50.2 Å². The van der Waals surface area contributed by atoms with Crippen molar-refractivity contribution in [2.24, 2.45) is 4.99 Å². The molecule has 11 nitrogen and oxygen atoms in total. The SMILES string of the molecule is CCc1c(CN=C(NC(=O)OC(C)(C)C)NC(=O)OC(C)(C)C)c(CC)c(CNc2cccc(C)n2)c(CC)c1CNc1cccc(C)n1. The van der Waals surface area contributed by atoms with Crippen LogP contribution in [0.15, 0.2) is 41.4 Å². The van der Waals surface area contributed by atoms with Gasteiger partial charge in [0, 0.05) is 24.5 Å². The van der Waals surface area contributed by atoms with E-state index in [1.165, 1.54) is 27.8 Å². The van der Waals surface area contributed by atoms with Crippen LogP contribution < -0.4 is 21.3 Å². The Morgan fingerprint density at radius 1 is 0.633 bits per heavy atom. The Labute approximate surface area is 292 Å². The zero-order chi connectivity index (χ0) is 36.4. The second-order valence-electron chi connectivity index (χ2n) is 13.9. The van der Waals surface area contributed by atoms with Crippen LogP contribution in [0.25, 0.3) is 0 Å². The summed E-state index contributed by atoms with van der Waals surface area (Å²) in [6, 6.07) is 11.9. The highest BCUT2D eigenvalue weighted by Crippen LogP contribution is 2.32. The summed E-state index contributed by atoms with van der Waals surface area (Å²) in [6.45, 7) is 22.4. The first-order chi connectivity index (χ1) is 23.0. The number of amides is 2. The lowest BCUT2D eigenvalue weighted by atomic mass is 9.83. The minimum atomic E-state index is -0.746. The van der Waals surface area contributed by atoms with E-state index in [9.17, 15) is 9.59 Å². The fourth-order valence-corrected chi connectivity index (χ4v) is 5.70. The number of anilines is 2. The monoisotopic (exact) mass is 673 g/mol. The van der Waals surface area contributed by atoms with Gasteiger partial charge in [0.05, 0.1) is 6.54 Å². The van der Waals surface area contributed by atoms with E-state index in [2.05, 4.69) is 52.0 Å². The molecule has 4 N–H and O–H groups in total. The van der Waals surface area contributed by atoms with Crippen LogP contribution in [0.2, 0.25) is 0 Å². The van der Waals surface area contributed by atoms with Gasteiger partial charge in [0.25, 0.3) is 0 Å². The zero-order valence-electron chi connectivity index (χ0n) is 31.2. The maximum atomic E-state index is 12.8. The van der Waals surface area contributed by atoms with Crippen LogP contribution in [0.5, 0.6) is 0 Å². The minimum absolute atomic E-state index is 0.0561. The van der Waals surface area contributed by atoms with Crippen LogP contribution in [0.3, 0.4) is 0 Å². The van der Waals surface area contributed by atoms with Gasteiger partial charge in [-0.3, -0.25) is 10.6 Å². The summed E-state index contributed by atoms with van der Waals surface area (Å²) in [5.74, 6) is 1.55. The summed E-state index contributed by atoms with van der Waals surface area (Å²) in [6.07, 6.45) is 0.864. The lowest BCUT2D eigenvalue weighted by Crippen LogP contribution is -2.47. The third-order valence-electron chi connectivity index (χ3n) is 7.55. The van der Waals surface area contributed by atoms with Crippen molar-refractivity contribution in [2.75, 3.05) is 10.6 Å². The molecule has 49 heavy (non-hydrogen) atoms. The number of nitrogens with zero attached hydrogens (tertiary/aromatic N) is 3. The molecule has 3 aromatic rings. The van der Waals surface area contributed by atoms with Gasteiger partial charge < -0.3 is 20.1 Å². The summed E-state index contributed by atoms with van der Waals surface area (Å²) in [7, 11) is 0. The average molecular weight is 674 g/mol. The summed E-state index contributed by atoms with van der Waals surface area (Å²) in [5.41, 5.74) is 7.40. The highest BCUT2D eigenvalue weighted by Gasteiger charge is 2.24. The van der Waals surface area contributed by atoms with E-state index in [4.69, 9.17) is 14.5 Å². The minimum Gasteiger partial charge on any atom is -0.444 e. The van der Waals surface area contributed by atoms with Crippen LogP contribution in [0, 0.1) is 13.8 Å². The molecule has 0 aliphatic heterocycles. The lowest BCUT2D eigenvalue weighted by molar-refractivity contribution is 0.0545. The Morgan fingerprint density at radius 3 is 1.37 bits per heavy atom. The third kappa shape index (κ3) is 12.1. The highest BCUT2D eigenvalue weighted by molar-refractivity contribution is 6.01. The number of alkyl carbamates (subject to hydrolysis) is 2. The van der Waals surface area contributed by atoms with Gasteiger partial charge in [0.15, 0.2) is 0 Å². The molecule has 11 heteroatoms. The number of rotatable bonds is 11. The molecule has 0 aliphatic rings. The molecule has 0 saturated carbocycles. The average Bonchev–Trinajstić information content (AvgIpc) is 2.99. The molecule has 0 aliphatic carbocycles. The topological polar surface area (TPSA) is 139 Å². The number of nitrogens with one attached hydrogen (secondary N) is 4. The van der Waals surface area contributed by atoms with Crippen molar-refractivity contribution >= 4 is 29.8 Å². The standard InChI is InChI=1S/C38H55N7O4/c1-12-26-29(21-39-32-19-15-17-24(4)42-32)27(13-2)31(28(14-3)30(26)22-40-33-20-16-18-25(5)43-33)23-41-34(44-35(46)48-37(6,7)8)45-36(47)49-38(9,10)11/h15-20H,12-14,21-23H2,1-11H3,(H,39,42)(H,40,43)(H2,41,44,45,46,47). The number of hydrogen-bond acceptors (Lipinski definition) is 9. The number of guanidine groups is 1. The maximum absolute atomic E-state index is 12.8. The Hall–Kier alpha value is -4.67. The molecule has 3 rings (SSSR count). The Balaban J connectivity index is 2.16. The molecule has 0 fully saturated rings. The van der Waals surface area contributed by atoms with Gasteiger partial charge in [-0.25, -0.2) is 24.5 Å². The molecular formula is C38H55N7O4. The predicted octanol–water partition coefficient (Wildman–Crippen LogP) is 7.91. The van der Waals surface area contributed by atoms with Crippen LogP contribution >= 0.6 is 0 Å². The molecule has 1 aromatic carbocycles. The molecule has 0 radical (unpaired) electrons. The predicted molar refractivity (Wildman–Crippen MR) is 197 cm³/mol.